The summed E-state index contributed by atoms with van der Waals surface area (Å²) in [6.45, 7) is 3.40. The molecule has 2 fully saturated rings. The molecule has 11 nitrogen and oxygen atoms in total. The van der Waals surface area contributed by atoms with Crippen LogP contribution in [-0.2, 0) is 16.6 Å². The first-order chi connectivity index (χ1) is 19.5. The highest BCUT2D eigenvalue weighted by molar-refractivity contribution is 5.96. The van der Waals surface area contributed by atoms with Crippen molar-refractivity contribution in [3.8, 4) is 5.88 Å². The molecule has 0 unspecified atom stereocenters. The molecule has 0 spiro atoms. The second-order valence-corrected chi connectivity index (χ2v) is 10.4. The van der Waals surface area contributed by atoms with E-state index in [0.717, 1.165) is 36.6 Å². The van der Waals surface area contributed by atoms with Crippen LogP contribution in [0.25, 0.3) is 10.9 Å². The maximum absolute atomic E-state index is 13.2. The third-order valence-electron chi connectivity index (χ3n) is 7.74. The van der Waals surface area contributed by atoms with Gasteiger partial charge in [0.15, 0.2) is 5.82 Å². The summed E-state index contributed by atoms with van der Waals surface area (Å²) in [4.78, 5) is 30.6. The third-order valence-corrected chi connectivity index (χ3v) is 7.74. The van der Waals surface area contributed by atoms with E-state index in [-0.39, 0.29) is 41.3 Å². The van der Waals surface area contributed by atoms with E-state index >= 15 is 0 Å². The van der Waals surface area contributed by atoms with Gasteiger partial charge in [-0.05, 0) is 56.9 Å². The number of amides is 1. The first-order valence-corrected chi connectivity index (χ1v) is 13.4. The predicted molar refractivity (Wildman–Crippen MR) is 142 cm³/mol. The topological polar surface area (TPSA) is 142 Å². The second-order valence-electron chi connectivity index (χ2n) is 10.4. The maximum atomic E-state index is 13.2. The summed E-state index contributed by atoms with van der Waals surface area (Å²) < 4.78 is 45.5. The Balaban J connectivity index is 1.11. The SMILES string of the molecule is CCOc1ccc(C2(O)CCC(N3CC(NC(=O)CNc4nn(C(=O)O)c5ccc(C(F)(F)F)cc45)C3)CC2)cn1. The molecule has 41 heavy (non-hydrogen) atoms. The average molecular weight is 577 g/mol. The Morgan fingerprint density at radius 2 is 1.90 bits per heavy atom. The van der Waals surface area contributed by atoms with E-state index in [1.54, 1.807) is 12.3 Å². The van der Waals surface area contributed by atoms with E-state index in [1.807, 2.05) is 13.0 Å². The van der Waals surface area contributed by atoms with Crippen molar-refractivity contribution in [1.29, 1.82) is 0 Å². The number of anilines is 1. The van der Waals surface area contributed by atoms with Gasteiger partial charge >= 0.3 is 12.3 Å². The summed E-state index contributed by atoms with van der Waals surface area (Å²) in [7, 11) is 0. The Bertz CT molecular complexity index is 1410. The number of benzene rings is 1. The standard InChI is InChI=1S/C27H31F3N6O5/c1-2-41-23-6-4-17(12-31-23)26(40)9-7-19(8-10-26)35-14-18(15-35)33-22(37)13-32-24-20-11-16(27(28,29)30)3-5-21(20)36(34-24)25(38)39/h3-6,11-12,18-19,40H,2,7-10,13-15H2,1H3,(H,32,34)(H,33,37)(H,38,39). The Labute approximate surface area is 233 Å². The van der Waals surface area contributed by atoms with Gasteiger partial charge in [0.2, 0.25) is 11.8 Å². The largest absolute Gasteiger partial charge is 0.478 e. The number of nitrogens with one attached hydrogen (secondary N) is 2. The van der Waals surface area contributed by atoms with Crippen molar-refractivity contribution in [2.75, 3.05) is 31.6 Å². The average Bonchev–Trinajstić information content (AvgIpc) is 3.28. The Kier molecular flexibility index (Phi) is 7.79. The zero-order valence-electron chi connectivity index (χ0n) is 22.3. The van der Waals surface area contributed by atoms with Gasteiger partial charge in [-0.1, -0.05) is 0 Å². The quantitative estimate of drug-likeness (QED) is 0.317. The number of carbonyl (C=O) groups excluding carboxylic acids is 1. The van der Waals surface area contributed by atoms with Crippen molar-refractivity contribution in [2.45, 2.75) is 56.5 Å². The number of nitrogens with zero attached hydrogens (tertiary/aromatic N) is 4. The van der Waals surface area contributed by atoms with Gasteiger partial charge < -0.3 is 25.6 Å². The van der Waals surface area contributed by atoms with Gasteiger partial charge in [-0.3, -0.25) is 9.69 Å². The molecule has 1 aromatic carbocycles. The molecule has 5 rings (SSSR count). The van der Waals surface area contributed by atoms with Crippen LogP contribution < -0.4 is 15.4 Å². The highest BCUT2D eigenvalue weighted by Gasteiger charge is 2.40. The number of hydrogen-bond acceptors (Lipinski definition) is 8. The van der Waals surface area contributed by atoms with Crippen LogP contribution in [0.4, 0.5) is 23.8 Å². The van der Waals surface area contributed by atoms with Gasteiger partial charge in [0, 0.05) is 42.3 Å². The van der Waals surface area contributed by atoms with Crippen molar-refractivity contribution in [3.63, 3.8) is 0 Å². The van der Waals surface area contributed by atoms with Crippen molar-refractivity contribution in [2.24, 2.45) is 0 Å². The number of carbonyl (C=O) groups is 2. The lowest BCUT2D eigenvalue weighted by atomic mass is 9.77. The summed E-state index contributed by atoms with van der Waals surface area (Å²) in [5.74, 6) is 0.00764. The van der Waals surface area contributed by atoms with Gasteiger partial charge in [0.1, 0.15) is 0 Å². The molecule has 3 aromatic rings. The number of aromatic nitrogens is 3. The van der Waals surface area contributed by atoms with Gasteiger partial charge in [0.25, 0.3) is 0 Å². The normalized spacial score (nSPS) is 21.8. The Morgan fingerprint density at radius 1 is 1.17 bits per heavy atom. The van der Waals surface area contributed by atoms with E-state index in [2.05, 4.69) is 25.6 Å². The van der Waals surface area contributed by atoms with E-state index in [4.69, 9.17) is 4.74 Å². The summed E-state index contributed by atoms with van der Waals surface area (Å²) in [5.41, 5.74) is -1.14. The first-order valence-electron chi connectivity index (χ1n) is 13.4. The molecule has 2 aliphatic rings. The van der Waals surface area contributed by atoms with E-state index in [9.17, 15) is 33.0 Å². The molecule has 1 aliphatic carbocycles. The zero-order valence-corrected chi connectivity index (χ0v) is 22.3. The van der Waals surface area contributed by atoms with Crippen LogP contribution >= 0.6 is 0 Å². The minimum atomic E-state index is -4.62. The summed E-state index contributed by atoms with van der Waals surface area (Å²) in [6, 6.07) is 6.44. The molecule has 4 N–H and O–H groups in total. The Morgan fingerprint density at radius 3 is 2.51 bits per heavy atom. The van der Waals surface area contributed by atoms with Crippen LogP contribution in [0, 0.1) is 0 Å². The second kappa shape index (κ2) is 11.2. The molecule has 0 atom stereocenters. The Hall–Kier alpha value is -3.91. The van der Waals surface area contributed by atoms with E-state index < -0.39 is 23.4 Å². The fourth-order valence-corrected chi connectivity index (χ4v) is 5.54. The molecule has 0 radical (unpaired) electrons. The minimum Gasteiger partial charge on any atom is -0.478 e. The van der Waals surface area contributed by atoms with Crippen molar-refractivity contribution >= 4 is 28.7 Å². The number of likely N-dealkylation sites (tertiary alicyclic amines) is 1. The van der Waals surface area contributed by atoms with Gasteiger partial charge in [0.05, 0.1) is 35.9 Å². The monoisotopic (exact) mass is 576 g/mol. The maximum Gasteiger partial charge on any atom is 0.432 e. The molecular weight excluding hydrogens is 545 g/mol. The van der Waals surface area contributed by atoms with Gasteiger partial charge in [-0.25, -0.2) is 9.78 Å². The molecule has 1 aliphatic heterocycles. The lowest BCUT2D eigenvalue weighted by molar-refractivity contribution is -0.137. The molecule has 14 heteroatoms. The minimum absolute atomic E-state index is 0.0267. The lowest BCUT2D eigenvalue weighted by Crippen LogP contribution is -2.63. The number of ether oxygens (including phenoxy) is 1. The molecule has 2 aromatic heterocycles. The molecule has 1 amide bonds. The molecule has 1 saturated heterocycles. The lowest BCUT2D eigenvalue weighted by Gasteiger charge is -2.48. The summed E-state index contributed by atoms with van der Waals surface area (Å²) in [6.07, 6.45) is -1.63. The van der Waals surface area contributed by atoms with Crippen LogP contribution in [0.2, 0.25) is 0 Å². The van der Waals surface area contributed by atoms with Crippen LogP contribution in [0.1, 0.15) is 43.7 Å². The predicted octanol–water partition coefficient (Wildman–Crippen LogP) is 3.42. The molecular formula is C27H31F3N6O5. The number of hydrogen-bond donors (Lipinski definition) is 4. The van der Waals surface area contributed by atoms with Gasteiger partial charge in [-0.2, -0.15) is 17.9 Å². The molecule has 3 heterocycles. The number of fused-ring (bicyclic) bond motifs is 1. The first kappa shape index (κ1) is 28.6. The summed E-state index contributed by atoms with van der Waals surface area (Å²) in [5, 5.41) is 29.9. The number of rotatable bonds is 8. The number of alkyl halides is 3. The van der Waals surface area contributed by atoms with E-state index in [1.165, 1.54) is 0 Å². The summed E-state index contributed by atoms with van der Waals surface area (Å²) >= 11 is 0. The number of halogens is 3. The highest BCUT2D eigenvalue weighted by atomic mass is 19.4. The third kappa shape index (κ3) is 6.07. The molecule has 220 valence electrons. The fourth-order valence-electron chi connectivity index (χ4n) is 5.54. The molecule has 0 bridgehead atoms. The van der Waals surface area contributed by atoms with Crippen LogP contribution in [0.15, 0.2) is 36.5 Å². The zero-order chi connectivity index (χ0) is 29.4. The van der Waals surface area contributed by atoms with Crippen LogP contribution in [-0.4, -0.2) is 80.2 Å². The van der Waals surface area contributed by atoms with Crippen molar-refractivity contribution in [3.05, 3.63) is 47.7 Å². The van der Waals surface area contributed by atoms with Crippen LogP contribution in [0.3, 0.4) is 0 Å². The number of carboxylic acid groups (broad SMARTS) is 1. The van der Waals surface area contributed by atoms with E-state index in [0.29, 0.717) is 43.1 Å². The van der Waals surface area contributed by atoms with Crippen molar-refractivity contribution in [1.82, 2.24) is 25.0 Å². The fraction of sp³-hybridized carbons (Fsp3) is 0.481. The molecule has 1 saturated carbocycles. The van der Waals surface area contributed by atoms with Gasteiger partial charge in [-0.15, -0.1) is 5.10 Å². The number of pyridine rings is 1. The number of aliphatic hydroxyl groups is 1. The van der Waals surface area contributed by atoms with Crippen LogP contribution in [0.5, 0.6) is 5.88 Å². The van der Waals surface area contributed by atoms with Crippen molar-refractivity contribution < 1.29 is 37.7 Å². The highest BCUT2D eigenvalue weighted by Crippen LogP contribution is 2.39. The smallest absolute Gasteiger partial charge is 0.432 e.